The van der Waals surface area contributed by atoms with E-state index in [1.807, 2.05) is 54.6 Å². The number of H-pyrrole nitrogens is 3. The Morgan fingerprint density at radius 3 is 1.16 bits per heavy atom. The second-order valence-electron chi connectivity index (χ2n) is 8.70. The fraction of sp³-hybridized carbons (Fsp3) is 0.160. The van der Waals surface area contributed by atoms with Crippen molar-refractivity contribution in [3.63, 3.8) is 0 Å². The van der Waals surface area contributed by atoms with Gasteiger partial charge in [-0.05, 0) is 36.4 Å². The van der Waals surface area contributed by atoms with E-state index in [-0.39, 0.29) is 0 Å². The van der Waals surface area contributed by atoms with Gasteiger partial charge in [0.1, 0.15) is 19.6 Å². The molecule has 3 aromatic carbocycles. The van der Waals surface area contributed by atoms with E-state index < -0.39 is 0 Å². The van der Waals surface area contributed by atoms with Gasteiger partial charge in [-0.3, -0.25) is 0 Å². The van der Waals surface area contributed by atoms with Crippen LogP contribution in [0.1, 0.15) is 17.5 Å². The second-order valence-corrected chi connectivity index (χ2v) is 8.70. The van der Waals surface area contributed by atoms with Gasteiger partial charge in [-0.2, -0.15) is 0 Å². The topological polar surface area (TPSA) is 86.0 Å². The van der Waals surface area contributed by atoms with E-state index in [1.54, 1.807) is 0 Å². The number of fused-ring (bicyclic) bond motifs is 3. The molecule has 7 nitrogen and oxygen atoms in total. The van der Waals surface area contributed by atoms with Gasteiger partial charge >= 0.3 is 0 Å². The van der Waals surface area contributed by atoms with Crippen molar-refractivity contribution in [3.8, 4) is 0 Å². The summed E-state index contributed by atoms with van der Waals surface area (Å²) in [6.07, 6.45) is 0. The van der Waals surface area contributed by atoms with E-state index >= 15 is 0 Å². The highest BCUT2D eigenvalue weighted by atomic mass is 15.4. The molecule has 3 N–H and O–H groups in total. The molecule has 0 fully saturated rings. The van der Waals surface area contributed by atoms with Crippen molar-refractivity contribution < 1.29 is 4.48 Å². The molecule has 0 radical (unpaired) electrons. The minimum absolute atomic E-state index is 0.666. The van der Waals surface area contributed by atoms with Crippen LogP contribution in [0.3, 0.4) is 0 Å². The van der Waals surface area contributed by atoms with Crippen LogP contribution >= 0.6 is 0 Å². The number of aromatic amines is 3. The highest BCUT2D eigenvalue weighted by molar-refractivity contribution is 5.76. The lowest BCUT2D eigenvalue weighted by molar-refractivity contribution is -0.949. The number of aromatic nitrogens is 6. The summed E-state index contributed by atoms with van der Waals surface area (Å²) in [6.45, 7) is 2.17. The standard InChI is InChI=1S/C25H24N7/c1-32(14-23-26-17-8-2-3-9-18(17)27-23,15-24-28-19-10-4-5-11-20(19)29-24)16-25-30-21-12-6-7-13-22(21)31-25/h2-13H,14-16H2,1H3,(H,26,27)(H,28,29)(H,30,31)/q+1. The largest absolute Gasteiger partial charge is 0.337 e. The fourth-order valence-electron chi connectivity index (χ4n) is 4.49. The quantitative estimate of drug-likeness (QED) is 0.341. The number of nitrogens with one attached hydrogen (secondary N) is 3. The summed E-state index contributed by atoms with van der Waals surface area (Å²) < 4.78 is 0.666. The molecule has 0 bridgehead atoms. The molecule has 32 heavy (non-hydrogen) atoms. The van der Waals surface area contributed by atoms with E-state index in [0.717, 1.165) is 70.2 Å². The molecule has 0 unspecified atom stereocenters. The zero-order chi connectivity index (χ0) is 21.5. The Kier molecular flexibility index (Phi) is 4.29. The molecule has 6 rings (SSSR count). The Hall–Kier alpha value is -3.97. The van der Waals surface area contributed by atoms with Crippen LogP contribution in [-0.4, -0.2) is 41.4 Å². The number of hydrogen-bond acceptors (Lipinski definition) is 3. The lowest BCUT2D eigenvalue weighted by Crippen LogP contribution is -2.42. The van der Waals surface area contributed by atoms with E-state index in [2.05, 4.69) is 40.2 Å². The molecule has 0 atom stereocenters. The predicted octanol–water partition coefficient (Wildman–Crippen LogP) is 4.66. The molecule has 0 amide bonds. The first-order valence-corrected chi connectivity index (χ1v) is 10.8. The highest BCUT2D eigenvalue weighted by Crippen LogP contribution is 2.23. The zero-order valence-electron chi connectivity index (χ0n) is 17.8. The van der Waals surface area contributed by atoms with Crippen molar-refractivity contribution in [1.29, 1.82) is 0 Å². The van der Waals surface area contributed by atoms with Gasteiger partial charge in [0.15, 0.2) is 17.5 Å². The lowest BCUT2D eigenvalue weighted by Gasteiger charge is -2.32. The Balaban J connectivity index is 1.37. The van der Waals surface area contributed by atoms with Gasteiger partial charge in [0.05, 0.1) is 40.1 Å². The molecule has 0 saturated carbocycles. The minimum Gasteiger partial charge on any atom is -0.337 e. The Labute approximate surface area is 184 Å². The molecule has 0 aliphatic rings. The Bertz CT molecular complexity index is 1260. The van der Waals surface area contributed by atoms with Crippen LogP contribution < -0.4 is 0 Å². The number of imidazole rings is 3. The summed E-state index contributed by atoms with van der Waals surface area (Å²) in [5, 5.41) is 0. The van der Waals surface area contributed by atoms with Gasteiger partial charge in [-0.25, -0.2) is 15.0 Å². The maximum absolute atomic E-state index is 4.83. The minimum atomic E-state index is 0.666. The van der Waals surface area contributed by atoms with Gasteiger partial charge in [-0.1, -0.05) is 36.4 Å². The van der Waals surface area contributed by atoms with Crippen molar-refractivity contribution in [2.45, 2.75) is 19.6 Å². The summed E-state index contributed by atoms with van der Waals surface area (Å²) >= 11 is 0. The van der Waals surface area contributed by atoms with Crippen molar-refractivity contribution in [2.75, 3.05) is 7.05 Å². The van der Waals surface area contributed by atoms with Crippen LogP contribution in [0.25, 0.3) is 33.1 Å². The molecule has 0 spiro atoms. The first-order valence-electron chi connectivity index (χ1n) is 10.8. The second kappa shape index (κ2) is 7.32. The third-order valence-electron chi connectivity index (χ3n) is 5.91. The van der Waals surface area contributed by atoms with Crippen molar-refractivity contribution in [2.24, 2.45) is 0 Å². The highest BCUT2D eigenvalue weighted by Gasteiger charge is 2.28. The molecule has 3 aromatic heterocycles. The number of para-hydroxylation sites is 6. The smallest absolute Gasteiger partial charge is 0.162 e. The normalized spacial score (nSPS) is 12.3. The van der Waals surface area contributed by atoms with Gasteiger partial charge < -0.3 is 19.4 Å². The molecular weight excluding hydrogens is 398 g/mol. The monoisotopic (exact) mass is 422 g/mol. The van der Waals surface area contributed by atoms with Gasteiger partial charge in [0.25, 0.3) is 0 Å². The van der Waals surface area contributed by atoms with Crippen molar-refractivity contribution in [3.05, 3.63) is 90.3 Å². The molecule has 3 heterocycles. The summed E-state index contributed by atoms with van der Waals surface area (Å²) in [5.74, 6) is 2.88. The maximum atomic E-state index is 4.83. The third-order valence-corrected chi connectivity index (χ3v) is 5.91. The predicted molar refractivity (Wildman–Crippen MR) is 126 cm³/mol. The van der Waals surface area contributed by atoms with Gasteiger partial charge in [0, 0.05) is 0 Å². The molecule has 7 heteroatoms. The summed E-state index contributed by atoms with van der Waals surface area (Å²) in [6, 6.07) is 24.5. The zero-order valence-corrected chi connectivity index (χ0v) is 17.8. The van der Waals surface area contributed by atoms with Gasteiger partial charge in [0.2, 0.25) is 0 Å². The molecule has 0 aliphatic carbocycles. The van der Waals surface area contributed by atoms with E-state index in [1.165, 1.54) is 0 Å². The number of rotatable bonds is 6. The first-order chi connectivity index (χ1) is 15.6. The Morgan fingerprint density at radius 2 is 0.844 bits per heavy atom. The molecule has 158 valence electrons. The first kappa shape index (κ1) is 18.8. The molecule has 0 saturated heterocycles. The van der Waals surface area contributed by atoms with Crippen molar-refractivity contribution in [1.82, 2.24) is 29.9 Å². The Morgan fingerprint density at radius 1 is 0.531 bits per heavy atom. The van der Waals surface area contributed by atoms with E-state index in [0.29, 0.717) is 4.48 Å². The van der Waals surface area contributed by atoms with Crippen LogP contribution in [-0.2, 0) is 19.6 Å². The lowest BCUT2D eigenvalue weighted by atomic mass is 10.3. The maximum Gasteiger partial charge on any atom is 0.162 e. The summed E-state index contributed by atoms with van der Waals surface area (Å²) in [4.78, 5) is 25.0. The van der Waals surface area contributed by atoms with E-state index in [4.69, 9.17) is 15.0 Å². The van der Waals surface area contributed by atoms with Crippen LogP contribution in [0.4, 0.5) is 0 Å². The van der Waals surface area contributed by atoms with E-state index in [9.17, 15) is 0 Å². The number of hydrogen-bond donors (Lipinski definition) is 3. The molecule has 6 aromatic rings. The van der Waals surface area contributed by atoms with Crippen LogP contribution in [0.15, 0.2) is 72.8 Å². The SMILES string of the molecule is C[N+](Cc1nc2ccccc2[nH]1)(Cc1nc2ccccc2[nH]1)Cc1nc2ccccc2[nH]1. The molecular formula is C25H24N7+. The average molecular weight is 423 g/mol. The average Bonchev–Trinajstić information content (AvgIpc) is 3.47. The number of nitrogens with zero attached hydrogens (tertiary/aromatic N) is 4. The number of benzene rings is 3. The van der Waals surface area contributed by atoms with Gasteiger partial charge in [-0.15, -0.1) is 0 Å². The summed E-state index contributed by atoms with van der Waals surface area (Å²) in [7, 11) is 2.23. The number of quaternary nitrogens is 1. The fourth-order valence-corrected chi connectivity index (χ4v) is 4.49. The third kappa shape index (κ3) is 3.52. The summed E-state index contributed by atoms with van der Waals surface area (Å²) in [5.41, 5.74) is 6.13. The van der Waals surface area contributed by atoms with Crippen molar-refractivity contribution >= 4 is 33.1 Å². The van der Waals surface area contributed by atoms with Crippen LogP contribution in [0.2, 0.25) is 0 Å². The molecule has 0 aliphatic heterocycles. The van der Waals surface area contributed by atoms with Crippen LogP contribution in [0, 0.1) is 0 Å². The van der Waals surface area contributed by atoms with Crippen LogP contribution in [0.5, 0.6) is 0 Å².